The second-order valence-corrected chi connectivity index (χ2v) is 2.62. The SMILES string of the molecule is O=c1[nH]c(CCl)cc(O)c1C(F)F. The van der Waals surface area contributed by atoms with E-state index in [2.05, 4.69) is 4.98 Å². The molecule has 1 rings (SSSR count). The number of rotatable bonds is 2. The molecule has 0 amide bonds. The third-order valence-electron chi connectivity index (χ3n) is 1.47. The summed E-state index contributed by atoms with van der Waals surface area (Å²) in [4.78, 5) is 13.0. The zero-order valence-electron chi connectivity index (χ0n) is 6.35. The third kappa shape index (κ3) is 1.98. The lowest BCUT2D eigenvalue weighted by Gasteiger charge is -2.03. The lowest BCUT2D eigenvalue weighted by atomic mass is 10.2. The van der Waals surface area contributed by atoms with Crippen molar-refractivity contribution in [2.75, 3.05) is 0 Å². The maximum absolute atomic E-state index is 12.1. The standard InChI is InChI=1S/C7H6ClF2NO2/c8-2-3-1-4(12)5(6(9)10)7(13)11-3/h1,6H,2H2,(H2,11,12,13). The van der Waals surface area contributed by atoms with Crippen LogP contribution in [0.1, 0.15) is 17.7 Å². The van der Waals surface area contributed by atoms with E-state index >= 15 is 0 Å². The van der Waals surface area contributed by atoms with Crippen LogP contribution in [-0.2, 0) is 5.88 Å². The van der Waals surface area contributed by atoms with E-state index in [1.54, 1.807) is 0 Å². The first-order valence-corrected chi connectivity index (χ1v) is 3.89. The van der Waals surface area contributed by atoms with E-state index in [9.17, 15) is 13.6 Å². The second kappa shape index (κ2) is 3.74. The summed E-state index contributed by atoms with van der Waals surface area (Å²) in [6.45, 7) is 0. The monoisotopic (exact) mass is 209 g/mol. The molecule has 3 nitrogen and oxygen atoms in total. The van der Waals surface area contributed by atoms with Gasteiger partial charge in [-0.1, -0.05) is 0 Å². The molecule has 0 aliphatic rings. The predicted octanol–water partition coefficient (Wildman–Crippen LogP) is 1.76. The van der Waals surface area contributed by atoms with Gasteiger partial charge in [-0.05, 0) is 0 Å². The minimum Gasteiger partial charge on any atom is -0.507 e. The van der Waals surface area contributed by atoms with Crippen LogP contribution >= 0.6 is 11.6 Å². The van der Waals surface area contributed by atoms with E-state index in [1.807, 2.05) is 0 Å². The van der Waals surface area contributed by atoms with Crippen molar-refractivity contribution in [1.82, 2.24) is 4.98 Å². The number of aromatic hydroxyl groups is 1. The highest BCUT2D eigenvalue weighted by Gasteiger charge is 2.17. The van der Waals surface area contributed by atoms with Crippen molar-refractivity contribution in [2.45, 2.75) is 12.3 Å². The van der Waals surface area contributed by atoms with E-state index in [4.69, 9.17) is 16.7 Å². The molecule has 2 N–H and O–H groups in total. The zero-order chi connectivity index (χ0) is 10.0. The molecule has 13 heavy (non-hydrogen) atoms. The van der Waals surface area contributed by atoms with Crippen LogP contribution in [0.2, 0.25) is 0 Å². The summed E-state index contributed by atoms with van der Waals surface area (Å²) in [6.07, 6.45) is -2.99. The molecular weight excluding hydrogens is 204 g/mol. The van der Waals surface area contributed by atoms with Gasteiger partial charge in [-0.3, -0.25) is 4.79 Å². The normalized spacial score (nSPS) is 10.8. The van der Waals surface area contributed by atoms with Gasteiger partial charge in [0.2, 0.25) is 0 Å². The predicted molar refractivity (Wildman–Crippen MR) is 43.2 cm³/mol. The smallest absolute Gasteiger partial charge is 0.272 e. The molecule has 0 saturated carbocycles. The van der Waals surface area contributed by atoms with Crippen LogP contribution < -0.4 is 5.56 Å². The molecule has 0 aliphatic heterocycles. The Hall–Kier alpha value is -1.10. The summed E-state index contributed by atoms with van der Waals surface area (Å²) >= 11 is 5.33. The quantitative estimate of drug-likeness (QED) is 0.730. The molecule has 0 atom stereocenters. The van der Waals surface area contributed by atoms with Crippen LogP contribution in [0, 0.1) is 0 Å². The average molecular weight is 210 g/mol. The van der Waals surface area contributed by atoms with E-state index in [0.717, 1.165) is 6.07 Å². The number of halogens is 3. The summed E-state index contributed by atoms with van der Waals surface area (Å²) in [5, 5.41) is 9.02. The Morgan fingerprint density at radius 3 is 2.62 bits per heavy atom. The Morgan fingerprint density at radius 2 is 2.23 bits per heavy atom. The fourth-order valence-corrected chi connectivity index (χ4v) is 1.04. The number of hydrogen-bond donors (Lipinski definition) is 2. The Bertz CT molecular complexity index is 364. The first-order valence-electron chi connectivity index (χ1n) is 3.35. The highest BCUT2D eigenvalue weighted by molar-refractivity contribution is 6.16. The minimum absolute atomic E-state index is 0.0493. The molecule has 0 aromatic carbocycles. The zero-order valence-corrected chi connectivity index (χ0v) is 7.11. The molecule has 1 aromatic heterocycles. The lowest BCUT2D eigenvalue weighted by Crippen LogP contribution is -2.14. The van der Waals surface area contributed by atoms with Crippen LogP contribution in [0.4, 0.5) is 8.78 Å². The number of aromatic amines is 1. The molecule has 0 bridgehead atoms. The van der Waals surface area contributed by atoms with Crippen molar-refractivity contribution in [2.24, 2.45) is 0 Å². The van der Waals surface area contributed by atoms with Crippen molar-refractivity contribution in [3.63, 3.8) is 0 Å². The minimum atomic E-state index is -2.99. The van der Waals surface area contributed by atoms with Crippen LogP contribution in [-0.4, -0.2) is 10.1 Å². The summed E-state index contributed by atoms with van der Waals surface area (Å²) < 4.78 is 24.2. The maximum Gasteiger partial charge on any atom is 0.272 e. The fourth-order valence-electron chi connectivity index (χ4n) is 0.891. The van der Waals surface area contributed by atoms with Gasteiger partial charge in [0, 0.05) is 11.8 Å². The summed E-state index contributed by atoms with van der Waals surface area (Å²) in [7, 11) is 0. The molecule has 1 aromatic rings. The van der Waals surface area contributed by atoms with Crippen LogP contribution in [0.3, 0.4) is 0 Å². The van der Waals surface area contributed by atoms with Crippen molar-refractivity contribution >= 4 is 11.6 Å². The number of H-pyrrole nitrogens is 1. The number of nitrogens with one attached hydrogen (secondary N) is 1. The Morgan fingerprint density at radius 1 is 1.62 bits per heavy atom. The number of hydrogen-bond acceptors (Lipinski definition) is 2. The lowest BCUT2D eigenvalue weighted by molar-refractivity contribution is 0.145. The number of alkyl halides is 3. The van der Waals surface area contributed by atoms with Crippen molar-refractivity contribution in [3.8, 4) is 5.75 Å². The van der Waals surface area contributed by atoms with Crippen LogP contribution in [0.5, 0.6) is 5.75 Å². The van der Waals surface area contributed by atoms with Gasteiger partial charge in [-0.15, -0.1) is 11.6 Å². The average Bonchev–Trinajstić information content (AvgIpc) is 2.02. The number of aromatic nitrogens is 1. The van der Waals surface area contributed by atoms with E-state index in [1.165, 1.54) is 0 Å². The molecular formula is C7H6ClF2NO2. The second-order valence-electron chi connectivity index (χ2n) is 2.36. The third-order valence-corrected chi connectivity index (χ3v) is 1.76. The Labute approximate surface area is 77.0 Å². The van der Waals surface area contributed by atoms with Crippen LogP contribution in [0.15, 0.2) is 10.9 Å². The highest BCUT2D eigenvalue weighted by Crippen LogP contribution is 2.24. The van der Waals surface area contributed by atoms with Gasteiger partial charge in [0.1, 0.15) is 11.3 Å². The number of pyridine rings is 1. The van der Waals surface area contributed by atoms with Gasteiger partial charge < -0.3 is 10.1 Å². The van der Waals surface area contributed by atoms with Gasteiger partial charge in [0.25, 0.3) is 12.0 Å². The van der Waals surface area contributed by atoms with Gasteiger partial charge in [0.15, 0.2) is 0 Å². The fraction of sp³-hybridized carbons (Fsp3) is 0.286. The summed E-state index contributed by atoms with van der Waals surface area (Å²) in [6, 6.07) is 1.01. The molecule has 0 fully saturated rings. The van der Waals surface area contributed by atoms with Crippen LogP contribution in [0.25, 0.3) is 0 Å². The van der Waals surface area contributed by atoms with Gasteiger partial charge in [0.05, 0.1) is 5.88 Å². The summed E-state index contributed by atoms with van der Waals surface area (Å²) in [5.74, 6) is -0.777. The highest BCUT2D eigenvalue weighted by atomic mass is 35.5. The molecule has 0 unspecified atom stereocenters. The molecule has 0 radical (unpaired) electrons. The summed E-state index contributed by atoms with van der Waals surface area (Å²) in [5.41, 5.74) is -1.73. The van der Waals surface area contributed by atoms with E-state index < -0.39 is 23.3 Å². The van der Waals surface area contributed by atoms with Gasteiger partial charge in [-0.25, -0.2) is 8.78 Å². The largest absolute Gasteiger partial charge is 0.507 e. The molecule has 72 valence electrons. The van der Waals surface area contributed by atoms with Crippen molar-refractivity contribution in [1.29, 1.82) is 0 Å². The topological polar surface area (TPSA) is 53.1 Å². The molecule has 0 aliphatic carbocycles. The van der Waals surface area contributed by atoms with E-state index in [0.29, 0.717) is 0 Å². The Balaban J connectivity index is 3.32. The first kappa shape index (κ1) is 9.98. The van der Waals surface area contributed by atoms with Crippen molar-refractivity contribution < 1.29 is 13.9 Å². The molecule has 1 heterocycles. The Kier molecular flexibility index (Phi) is 2.87. The van der Waals surface area contributed by atoms with Crippen molar-refractivity contribution in [3.05, 3.63) is 27.7 Å². The van der Waals surface area contributed by atoms with Gasteiger partial charge in [-0.2, -0.15) is 0 Å². The van der Waals surface area contributed by atoms with E-state index in [-0.39, 0.29) is 11.6 Å². The maximum atomic E-state index is 12.1. The molecule has 0 spiro atoms. The molecule has 0 saturated heterocycles. The molecule has 6 heteroatoms. The van der Waals surface area contributed by atoms with Gasteiger partial charge >= 0.3 is 0 Å². The first-order chi connectivity index (χ1) is 6.06.